The maximum atomic E-state index is 13.2. The molecule has 0 heterocycles. The van der Waals surface area contributed by atoms with Crippen molar-refractivity contribution in [2.75, 3.05) is 39.6 Å². The zero-order valence-electron chi connectivity index (χ0n) is 69.9. The van der Waals surface area contributed by atoms with Crippen LogP contribution >= 0.6 is 15.6 Å². The predicted octanol–water partition coefficient (Wildman–Crippen LogP) is 26.5. The van der Waals surface area contributed by atoms with Crippen molar-refractivity contribution in [3.05, 3.63) is 0 Å². The van der Waals surface area contributed by atoms with Crippen molar-refractivity contribution < 1.29 is 80.2 Å². The first-order valence-corrected chi connectivity index (χ1v) is 47.9. The van der Waals surface area contributed by atoms with Gasteiger partial charge in [0.2, 0.25) is 0 Å². The van der Waals surface area contributed by atoms with Crippen LogP contribution in [0.15, 0.2) is 0 Å². The number of rotatable bonds is 85. The number of carbonyl (C=O) groups excluding carboxylic acids is 4. The van der Waals surface area contributed by atoms with Crippen LogP contribution in [0.4, 0.5) is 0 Å². The summed E-state index contributed by atoms with van der Waals surface area (Å²) in [6.45, 7) is 12.0. The van der Waals surface area contributed by atoms with E-state index in [1.807, 2.05) is 0 Å². The first-order valence-electron chi connectivity index (χ1n) is 44.9. The van der Waals surface area contributed by atoms with Crippen LogP contribution in [-0.4, -0.2) is 96.7 Å². The van der Waals surface area contributed by atoms with Crippen molar-refractivity contribution in [3.63, 3.8) is 0 Å². The van der Waals surface area contributed by atoms with E-state index in [1.165, 1.54) is 270 Å². The molecule has 0 rings (SSSR count). The molecular weight excluding hydrogens is 1380 g/mol. The SMILES string of the molecule is CCCCCCCCCCCCCCCCCCCCC(=O)OC[C@H](COP(=O)(O)OC[C@@H](O)COP(=O)(O)OC[C@@H](COC(=O)CCCCCCCCCCC(C)CC)OC(=O)CCCCCCCCCCCCCCC(C)C)OC(=O)CCCCCCCCCCCCCCCCCCCCC(C)C. The molecule has 0 spiro atoms. The summed E-state index contributed by atoms with van der Waals surface area (Å²) in [6.07, 6.45) is 68.0. The van der Waals surface area contributed by atoms with Gasteiger partial charge in [0, 0.05) is 25.7 Å². The lowest BCUT2D eigenvalue weighted by Gasteiger charge is -2.21. The highest BCUT2D eigenvalue weighted by molar-refractivity contribution is 7.47. The highest BCUT2D eigenvalue weighted by Gasteiger charge is 2.31. The van der Waals surface area contributed by atoms with Gasteiger partial charge in [-0.15, -0.1) is 0 Å². The van der Waals surface area contributed by atoms with Gasteiger partial charge in [-0.3, -0.25) is 37.3 Å². The third-order valence-corrected chi connectivity index (χ3v) is 22.6. The van der Waals surface area contributed by atoms with E-state index in [1.54, 1.807) is 0 Å². The molecule has 0 saturated carbocycles. The first-order chi connectivity index (χ1) is 51.3. The Balaban J connectivity index is 5.25. The van der Waals surface area contributed by atoms with E-state index in [0.717, 1.165) is 108 Å². The van der Waals surface area contributed by atoms with Crippen molar-refractivity contribution in [1.29, 1.82) is 0 Å². The minimum Gasteiger partial charge on any atom is -0.462 e. The van der Waals surface area contributed by atoms with Gasteiger partial charge in [-0.05, 0) is 43.4 Å². The topological polar surface area (TPSA) is 237 Å². The van der Waals surface area contributed by atoms with Gasteiger partial charge >= 0.3 is 39.5 Å². The largest absolute Gasteiger partial charge is 0.472 e. The number of hydrogen-bond acceptors (Lipinski definition) is 15. The van der Waals surface area contributed by atoms with Gasteiger partial charge in [0.1, 0.15) is 19.3 Å². The van der Waals surface area contributed by atoms with Crippen LogP contribution in [0, 0.1) is 17.8 Å². The molecule has 0 saturated heterocycles. The van der Waals surface area contributed by atoms with Crippen molar-refractivity contribution in [1.82, 2.24) is 0 Å². The smallest absolute Gasteiger partial charge is 0.462 e. The Morgan fingerprint density at radius 2 is 0.481 bits per heavy atom. The van der Waals surface area contributed by atoms with E-state index in [4.69, 9.17) is 37.0 Å². The van der Waals surface area contributed by atoms with Crippen molar-refractivity contribution in [3.8, 4) is 0 Å². The summed E-state index contributed by atoms with van der Waals surface area (Å²) >= 11 is 0. The average Bonchev–Trinajstić information content (AvgIpc) is 0.901. The Hall–Kier alpha value is -1.94. The van der Waals surface area contributed by atoms with Crippen molar-refractivity contribution in [2.24, 2.45) is 17.8 Å². The minimum atomic E-state index is -4.97. The molecular formula is C87H170O17P2. The predicted molar refractivity (Wildman–Crippen MR) is 437 cm³/mol. The molecule has 0 aliphatic carbocycles. The van der Waals surface area contributed by atoms with Crippen LogP contribution in [0.5, 0.6) is 0 Å². The molecule has 0 amide bonds. The molecule has 106 heavy (non-hydrogen) atoms. The standard InChI is InChI=1S/C87H170O17P2/c1-8-10-11-12-13-14-15-16-17-18-22-25-28-34-39-47-54-61-68-84(89)97-74-82(103-86(91)70-63-56-49-40-35-29-26-23-20-19-21-24-27-32-37-44-51-58-65-78(3)4)76-101-105(93,94)99-72-81(88)73-100-106(95,96)102-77-83(75-98-85(90)69-62-55-48-43-42-46-53-60-67-80(7)9-2)104-87(92)71-64-57-50-41-36-31-30-33-38-45-52-59-66-79(5)6/h78-83,88H,8-77H2,1-7H3,(H,93,94)(H,95,96)/t80?,81-,82-,83-/m1/s1. The van der Waals surface area contributed by atoms with Gasteiger partial charge in [-0.2, -0.15) is 0 Å². The molecule has 0 radical (unpaired) electrons. The van der Waals surface area contributed by atoms with Gasteiger partial charge in [-0.25, -0.2) is 9.13 Å². The van der Waals surface area contributed by atoms with E-state index >= 15 is 0 Å². The summed E-state index contributed by atoms with van der Waals surface area (Å²) < 4.78 is 69.0. The number of carbonyl (C=O) groups is 4. The number of phosphoric acid groups is 2. The average molecular weight is 1550 g/mol. The number of aliphatic hydroxyl groups excluding tert-OH is 1. The Morgan fingerprint density at radius 3 is 0.717 bits per heavy atom. The fraction of sp³-hybridized carbons (Fsp3) is 0.954. The van der Waals surface area contributed by atoms with Crippen LogP contribution in [0.25, 0.3) is 0 Å². The number of phosphoric ester groups is 2. The normalized spacial score (nSPS) is 14.1. The van der Waals surface area contributed by atoms with E-state index in [0.29, 0.717) is 25.7 Å². The number of unbranched alkanes of at least 4 members (excludes halogenated alkanes) is 52. The van der Waals surface area contributed by atoms with E-state index in [2.05, 4.69) is 48.5 Å². The lowest BCUT2D eigenvalue weighted by Crippen LogP contribution is -2.30. The van der Waals surface area contributed by atoms with Gasteiger partial charge in [0.15, 0.2) is 12.2 Å². The first kappa shape index (κ1) is 104. The number of aliphatic hydroxyl groups is 1. The molecule has 0 aromatic heterocycles. The molecule has 0 aromatic rings. The summed E-state index contributed by atoms with van der Waals surface area (Å²) in [5, 5.41) is 10.7. The maximum absolute atomic E-state index is 13.2. The highest BCUT2D eigenvalue weighted by atomic mass is 31.2. The number of esters is 4. The van der Waals surface area contributed by atoms with Gasteiger partial charge < -0.3 is 33.8 Å². The lowest BCUT2D eigenvalue weighted by atomic mass is 9.99. The molecule has 0 aliphatic heterocycles. The summed E-state index contributed by atoms with van der Waals surface area (Å²) in [5.74, 6) is 0.271. The summed E-state index contributed by atoms with van der Waals surface area (Å²) in [6, 6.07) is 0. The Labute approximate surface area is 651 Å². The van der Waals surface area contributed by atoms with Crippen LogP contribution in [0.1, 0.15) is 459 Å². The summed E-state index contributed by atoms with van der Waals surface area (Å²) in [7, 11) is -9.93. The van der Waals surface area contributed by atoms with Crippen LogP contribution < -0.4 is 0 Å². The second kappa shape index (κ2) is 77.0. The molecule has 6 atom stereocenters. The van der Waals surface area contributed by atoms with Gasteiger partial charge in [0.25, 0.3) is 0 Å². The summed E-state index contributed by atoms with van der Waals surface area (Å²) in [4.78, 5) is 73.3. The molecule has 3 unspecified atom stereocenters. The van der Waals surface area contributed by atoms with Crippen LogP contribution in [0.3, 0.4) is 0 Å². The zero-order chi connectivity index (χ0) is 77.9. The van der Waals surface area contributed by atoms with Gasteiger partial charge in [0.05, 0.1) is 26.4 Å². The molecule has 630 valence electrons. The fourth-order valence-electron chi connectivity index (χ4n) is 13.5. The number of ether oxygens (including phenoxy) is 4. The van der Waals surface area contributed by atoms with Crippen molar-refractivity contribution >= 4 is 39.5 Å². The number of hydrogen-bond donors (Lipinski definition) is 3. The quantitative estimate of drug-likeness (QED) is 0.0222. The molecule has 0 aromatic carbocycles. The third kappa shape index (κ3) is 78.7. The van der Waals surface area contributed by atoms with Crippen LogP contribution in [-0.2, 0) is 65.4 Å². The second-order valence-electron chi connectivity index (χ2n) is 32.5. The second-order valence-corrected chi connectivity index (χ2v) is 35.4. The Bertz CT molecular complexity index is 2050. The summed E-state index contributed by atoms with van der Waals surface area (Å²) in [5.41, 5.74) is 0. The monoisotopic (exact) mass is 1550 g/mol. The van der Waals surface area contributed by atoms with E-state index in [9.17, 15) is 43.2 Å². The Morgan fingerprint density at radius 1 is 0.274 bits per heavy atom. The highest BCUT2D eigenvalue weighted by Crippen LogP contribution is 2.45. The molecule has 17 nitrogen and oxygen atoms in total. The van der Waals surface area contributed by atoms with Crippen molar-refractivity contribution in [2.45, 2.75) is 478 Å². The molecule has 19 heteroatoms. The maximum Gasteiger partial charge on any atom is 0.472 e. The third-order valence-electron chi connectivity index (χ3n) is 20.7. The van der Waals surface area contributed by atoms with E-state index < -0.39 is 97.5 Å². The van der Waals surface area contributed by atoms with E-state index in [-0.39, 0.29) is 25.7 Å². The zero-order valence-corrected chi connectivity index (χ0v) is 71.7. The molecule has 0 aliphatic rings. The van der Waals surface area contributed by atoms with Gasteiger partial charge in [-0.1, -0.05) is 408 Å². The lowest BCUT2D eigenvalue weighted by molar-refractivity contribution is -0.161. The minimum absolute atomic E-state index is 0.107. The Kier molecular flexibility index (Phi) is 75.6. The molecule has 0 fully saturated rings. The molecule has 3 N–H and O–H groups in total. The fourth-order valence-corrected chi connectivity index (χ4v) is 15.1. The van der Waals surface area contributed by atoms with Crippen LogP contribution in [0.2, 0.25) is 0 Å². The molecule has 0 bridgehead atoms.